The van der Waals surface area contributed by atoms with Gasteiger partial charge in [0.25, 0.3) is 0 Å². The first-order chi connectivity index (χ1) is 5.77. The number of nitrogens with zero attached hydrogens (tertiary/aromatic N) is 1. The third kappa shape index (κ3) is 1.50. The van der Waals surface area contributed by atoms with E-state index in [1.54, 1.807) is 0 Å². The highest BCUT2D eigenvalue weighted by molar-refractivity contribution is 9.11. The minimum absolute atomic E-state index is 0.660. The minimum Gasteiger partial charge on any atom is -0.375 e. The lowest BCUT2D eigenvalue weighted by Gasteiger charge is -2.04. The van der Waals surface area contributed by atoms with Gasteiger partial charge < -0.3 is 5.73 Å². The predicted molar refractivity (Wildman–Crippen MR) is 55.4 cm³/mol. The van der Waals surface area contributed by atoms with Crippen LogP contribution < -0.4 is 5.73 Å². The van der Waals surface area contributed by atoms with E-state index in [2.05, 4.69) is 20.9 Å². The van der Waals surface area contributed by atoms with E-state index >= 15 is 0 Å². The van der Waals surface area contributed by atoms with Crippen molar-refractivity contribution < 1.29 is 0 Å². The van der Waals surface area contributed by atoms with E-state index in [4.69, 9.17) is 5.73 Å². The van der Waals surface area contributed by atoms with Crippen molar-refractivity contribution in [1.29, 1.82) is 0 Å². The summed E-state index contributed by atoms with van der Waals surface area (Å²) in [5.74, 6) is 0.660. The van der Waals surface area contributed by atoms with E-state index in [-0.39, 0.29) is 0 Å². The van der Waals surface area contributed by atoms with Crippen LogP contribution in [0.4, 0.5) is 5.13 Å². The van der Waals surface area contributed by atoms with Crippen LogP contribution in [-0.4, -0.2) is 4.98 Å². The van der Waals surface area contributed by atoms with Gasteiger partial charge in [-0.15, -0.1) is 0 Å². The molecule has 2 rings (SSSR count). The van der Waals surface area contributed by atoms with Crippen molar-refractivity contribution in [3.63, 3.8) is 0 Å². The normalized spacial score (nSPS) is 18.8. The van der Waals surface area contributed by atoms with E-state index in [0.29, 0.717) is 11.0 Å². The van der Waals surface area contributed by atoms with Gasteiger partial charge in [-0.25, -0.2) is 4.98 Å². The summed E-state index contributed by atoms with van der Waals surface area (Å²) in [6, 6.07) is 0. The van der Waals surface area contributed by atoms with Gasteiger partial charge in [0, 0.05) is 5.92 Å². The topological polar surface area (TPSA) is 38.9 Å². The Kier molecular flexibility index (Phi) is 2.37. The van der Waals surface area contributed by atoms with Crippen molar-refractivity contribution in [1.82, 2.24) is 4.98 Å². The first-order valence-electron chi connectivity index (χ1n) is 4.19. The van der Waals surface area contributed by atoms with Crippen LogP contribution in [0.15, 0.2) is 3.79 Å². The maximum Gasteiger partial charge on any atom is 0.181 e. The number of halogens is 1. The molecule has 1 saturated carbocycles. The molecule has 1 aromatic heterocycles. The Morgan fingerprint density at radius 3 is 2.58 bits per heavy atom. The SMILES string of the molecule is Nc1nc(C2CCCC2)c(Br)s1. The van der Waals surface area contributed by atoms with Crippen LogP contribution in [0, 0.1) is 0 Å². The summed E-state index contributed by atoms with van der Waals surface area (Å²) in [7, 11) is 0. The molecule has 1 aliphatic carbocycles. The van der Waals surface area contributed by atoms with Gasteiger partial charge in [0.1, 0.15) is 0 Å². The predicted octanol–water partition coefficient (Wildman–Crippen LogP) is 3.15. The largest absolute Gasteiger partial charge is 0.375 e. The first kappa shape index (κ1) is 8.51. The molecule has 1 fully saturated rings. The molecular formula is C8H11BrN2S. The fourth-order valence-corrected chi connectivity index (χ4v) is 3.34. The molecule has 1 aliphatic rings. The van der Waals surface area contributed by atoms with E-state index in [1.165, 1.54) is 42.7 Å². The summed E-state index contributed by atoms with van der Waals surface area (Å²) in [4.78, 5) is 4.34. The first-order valence-corrected chi connectivity index (χ1v) is 5.80. The van der Waals surface area contributed by atoms with Crippen LogP contribution >= 0.6 is 27.3 Å². The van der Waals surface area contributed by atoms with Gasteiger partial charge in [-0.05, 0) is 28.8 Å². The third-order valence-electron chi connectivity index (χ3n) is 2.37. The molecule has 0 unspecified atom stereocenters. The number of anilines is 1. The van der Waals surface area contributed by atoms with Gasteiger partial charge in [0.05, 0.1) is 9.48 Å². The van der Waals surface area contributed by atoms with Crippen molar-refractivity contribution in [3.8, 4) is 0 Å². The molecule has 0 spiro atoms. The van der Waals surface area contributed by atoms with Gasteiger partial charge >= 0.3 is 0 Å². The molecule has 66 valence electrons. The molecule has 4 heteroatoms. The average molecular weight is 247 g/mol. The molecule has 1 aromatic rings. The van der Waals surface area contributed by atoms with Gasteiger partial charge in [-0.2, -0.15) is 0 Å². The lowest BCUT2D eigenvalue weighted by Crippen LogP contribution is -1.94. The highest BCUT2D eigenvalue weighted by atomic mass is 79.9. The maximum atomic E-state index is 5.62. The Balaban J connectivity index is 2.25. The molecule has 0 atom stereocenters. The molecule has 0 aliphatic heterocycles. The fraction of sp³-hybridized carbons (Fsp3) is 0.625. The lowest BCUT2D eigenvalue weighted by molar-refractivity contribution is 0.700. The number of hydrogen-bond acceptors (Lipinski definition) is 3. The summed E-state index contributed by atoms with van der Waals surface area (Å²) >= 11 is 5.04. The van der Waals surface area contributed by atoms with Gasteiger partial charge in [-0.3, -0.25) is 0 Å². The van der Waals surface area contributed by atoms with Crippen LogP contribution in [0.2, 0.25) is 0 Å². The van der Waals surface area contributed by atoms with E-state index in [0.717, 1.165) is 3.79 Å². The van der Waals surface area contributed by atoms with Crippen molar-refractivity contribution >= 4 is 32.4 Å². The molecule has 12 heavy (non-hydrogen) atoms. The van der Waals surface area contributed by atoms with Crippen LogP contribution in [0.5, 0.6) is 0 Å². The molecule has 2 N–H and O–H groups in total. The maximum absolute atomic E-state index is 5.62. The molecule has 0 radical (unpaired) electrons. The highest BCUT2D eigenvalue weighted by Gasteiger charge is 2.22. The van der Waals surface area contributed by atoms with Crippen molar-refractivity contribution in [2.75, 3.05) is 5.73 Å². The van der Waals surface area contributed by atoms with E-state index < -0.39 is 0 Å². The average Bonchev–Trinajstić information content (AvgIpc) is 2.58. The Morgan fingerprint density at radius 1 is 1.42 bits per heavy atom. The summed E-state index contributed by atoms with van der Waals surface area (Å²) < 4.78 is 1.13. The Hall–Kier alpha value is -0.0900. The molecule has 0 amide bonds. The summed E-state index contributed by atoms with van der Waals surface area (Å²) in [6.07, 6.45) is 5.24. The Morgan fingerprint density at radius 2 is 2.08 bits per heavy atom. The van der Waals surface area contributed by atoms with Crippen LogP contribution in [-0.2, 0) is 0 Å². The zero-order valence-electron chi connectivity index (χ0n) is 6.72. The number of thiazole rings is 1. The van der Waals surface area contributed by atoms with Crippen LogP contribution in [0.3, 0.4) is 0 Å². The third-order valence-corrected chi connectivity index (χ3v) is 3.95. The molecular weight excluding hydrogens is 236 g/mol. The van der Waals surface area contributed by atoms with E-state index in [9.17, 15) is 0 Å². The van der Waals surface area contributed by atoms with Crippen molar-refractivity contribution in [2.45, 2.75) is 31.6 Å². The number of hydrogen-bond donors (Lipinski definition) is 1. The van der Waals surface area contributed by atoms with Gasteiger partial charge in [-0.1, -0.05) is 24.2 Å². The highest BCUT2D eigenvalue weighted by Crippen LogP contribution is 2.40. The summed E-state index contributed by atoms with van der Waals surface area (Å²) in [5.41, 5.74) is 6.81. The second-order valence-corrected chi connectivity index (χ2v) is 5.54. The summed E-state index contributed by atoms with van der Waals surface area (Å²) in [5, 5.41) is 0.684. The standard InChI is InChI=1S/C8H11BrN2S/c9-7-6(11-8(10)12-7)5-3-1-2-4-5/h5H,1-4H2,(H2,10,11). The number of aromatic nitrogens is 1. The second-order valence-electron chi connectivity index (χ2n) is 3.19. The van der Waals surface area contributed by atoms with E-state index in [1.807, 2.05) is 0 Å². The van der Waals surface area contributed by atoms with Crippen molar-refractivity contribution in [3.05, 3.63) is 9.48 Å². The molecule has 1 heterocycles. The smallest absolute Gasteiger partial charge is 0.181 e. The van der Waals surface area contributed by atoms with Crippen LogP contribution in [0.25, 0.3) is 0 Å². The monoisotopic (exact) mass is 246 g/mol. The zero-order valence-corrected chi connectivity index (χ0v) is 9.12. The number of rotatable bonds is 1. The molecule has 0 saturated heterocycles. The van der Waals surface area contributed by atoms with Crippen LogP contribution in [0.1, 0.15) is 37.3 Å². The number of nitrogen functional groups attached to an aromatic ring is 1. The Labute approximate surface area is 84.3 Å². The number of nitrogens with two attached hydrogens (primary N) is 1. The molecule has 0 bridgehead atoms. The molecule has 2 nitrogen and oxygen atoms in total. The zero-order chi connectivity index (χ0) is 8.55. The fourth-order valence-electron chi connectivity index (χ4n) is 1.78. The quantitative estimate of drug-likeness (QED) is 0.827. The van der Waals surface area contributed by atoms with Gasteiger partial charge in [0.15, 0.2) is 5.13 Å². The lowest BCUT2D eigenvalue weighted by atomic mass is 10.1. The molecule has 0 aromatic carbocycles. The van der Waals surface area contributed by atoms with Gasteiger partial charge in [0.2, 0.25) is 0 Å². The Bertz CT molecular complexity index is 279. The van der Waals surface area contributed by atoms with Crippen molar-refractivity contribution in [2.24, 2.45) is 0 Å². The minimum atomic E-state index is 0.660. The summed E-state index contributed by atoms with van der Waals surface area (Å²) in [6.45, 7) is 0. The second kappa shape index (κ2) is 3.34.